The summed E-state index contributed by atoms with van der Waals surface area (Å²) in [6.07, 6.45) is -0.248. The molecular weight excluding hydrogens is 198 g/mol. The number of carbonyl (C=O) groups is 2. The zero-order valence-corrected chi connectivity index (χ0v) is 9.01. The molecule has 0 aliphatic carbocycles. The van der Waals surface area contributed by atoms with E-state index in [0.29, 0.717) is 6.42 Å². The third-order valence-electron chi connectivity index (χ3n) is 2.49. The molecule has 1 unspecified atom stereocenters. The standard InChI is InChI=1S/C10H17NO4/c1-6(2)3-8(10(14)15)11-5-7(12)4-9(11)13/h6-8,12H,3-5H2,1-2H3,(H,14,15)/t7?,8-/m1/s1. The largest absolute Gasteiger partial charge is 0.480 e. The summed E-state index contributed by atoms with van der Waals surface area (Å²) < 4.78 is 0. The lowest BCUT2D eigenvalue weighted by Crippen LogP contribution is -2.43. The Bertz CT molecular complexity index is 264. The normalized spacial score (nSPS) is 23.6. The Labute approximate surface area is 88.7 Å². The van der Waals surface area contributed by atoms with E-state index in [9.17, 15) is 14.7 Å². The van der Waals surface area contributed by atoms with Gasteiger partial charge in [-0.2, -0.15) is 0 Å². The van der Waals surface area contributed by atoms with E-state index in [1.807, 2.05) is 13.8 Å². The number of likely N-dealkylation sites (tertiary alicyclic amines) is 1. The number of aliphatic carboxylic acids is 1. The molecule has 5 heteroatoms. The quantitative estimate of drug-likeness (QED) is 0.696. The molecule has 0 saturated carbocycles. The summed E-state index contributed by atoms with van der Waals surface area (Å²) in [6, 6.07) is -0.797. The smallest absolute Gasteiger partial charge is 0.326 e. The highest BCUT2D eigenvalue weighted by Crippen LogP contribution is 2.19. The monoisotopic (exact) mass is 215 g/mol. The second-order valence-electron chi connectivity index (χ2n) is 4.39. The second-order valence-corrected chi connectivity index (χ2v) is 4.39. The first-order valence-corrected chi connectivity index (χ1v) is 5.12. The van der Waals surface area contributed by atoms with E-state index in [0.717, 1.165) is 0 Å². The van der Waals surface area contributed by atoms with Crippen molar-refractivity contribution in [3.8, 4) is 0 Å². The zero-order valence-electron chi connectivity index (χ0n) is 9.01. The van der Waals surface area contributed by atoms with Gasteiger partial charge in [-0.1, -0.05) is 13.8 Å². The van der Waals surface area contributed by atoms with Crippen LogP contribution in [0.25, 0.3) is 0 Å². The van der Waals surface area contributed by atoms with Crippen molar-refractivity contribution < 1.29 is 19.8 Å². The highest BCUT2D eigenvalue weighted by atomic mass is 16.4. The van der Waals surface area contributed by atoms with Gasteiger partial charge in [-0.3, -0.25) is 4.79 Å². The van der Waals surface area contributed by atoms with Crippen molar-refractivity contribution >= 4 is 11.9 Å². The van der Waals surface area contributed by atoms with E-state index in [2.05, 4.69) is 0 Å². The second kappa shape index (κ2) is 4.61. The molecule has 1 aliphatic heterocycles. The van der Waals surface area contributed by atoms with Gasteiger partial charge in [0.15, 0.2) is 0 Å². The van der Waals surface area contributed by atoms with Crippen LogP contribution < -0.4 is 0 Å². The number of rotatable bonds is 4. The molecule has 2 N–H and O–H groups in total. The van der Waals surface area contributed by atoms with Crippen molar-refractivity contribution in [3.63, 3.8) is 0 Å². The van der Waals surface area contributed by atoms with E-state index in [1.54, 1.807) is 0 Å². The SMILES string of the molecule is CC(C)C[C@H](C(=O)O)N1CC(O)CC1=O. The van der Waals surface area contributed by atoms with Gasteiger partial charge in [-0.05, 0) is 12.3 Å². The fourth-order valence-corrected chi connectivity index (χ4v) is 1.82. The summed E-state index contributed by atoms with van der Waals surface area (Å²) in [5.41, 5.74) is 0. The minimum absolute atomic E-state index is 0.0435. The Morgan fingerprint density at radius 1 is 1.60 bits per heavy atom. The van der Waals surface area contributed by atoms with Gasteiger partial charge < -0.3 is 15.1 Å². The summed E-state index contributed by atoms with van der Waals surface area (Å²) in [5, 5.41) is 18.3. The minimum Gasteiger partial charge on any atom is -0.480 e. The van der Waals surface area contributed by atoms with E-state index < -0.39 is 18.1 Å². The van der Waals surface area contributed by atoms with Crippen molar-refractivity contribution in [1.29, 1.82) is 0 Å². The van der Waals surface area contributed by atoms with Gasteiger partial charge >= 0.3 is 5.97 Å². The van der Waals surface area contributed by atoms with Gasteiger partial charge in [0.05, 0.1) is 12.5 Å². The van der Waals surface area contributed by atoms with Crippen LogP contribution in [0.3, 0.4) is 0 Å². The fourth-order valence-electron chi connectivity index (χ4n) is 1.82. The van der Waals surface area contributed by atoms with E-state index in [1.165, 1.54) is 4.90 Å². The average molecular weight is 215 g/mol. The van der Waals surface area contributed by atoms with Crippen molar-refractivity contribution in [2.24, 2.45) is 5.92 Å². The maximum absolute atomic E-state index is 11.4. The first-order chi connectivity index (χ1) is 6.91. The van der Waals surface area contributed by atoms with Crippen molar-refractivity contribution in [1.82, 2.24) is 4.90 Å². The van der Waals surface area contributed by atoms with Crippen molar-refractivity contribution in [3.05, 3.63) is 0 Å². The molecule has 1 aliphatic rings. The average Bonchev–Trinajstić information content (AvgIpc) is 2.40. The van der Waals surface area contributed by atoms with Crippen LogP contribution in [-0.4, -0.2) is 45.7 Å². The van der Waals surface area contributed by atoms with E-state index in [4.69, 9.17) is 5.11 Å². The molecule has 0 aromatic heterocycles. The summed E-state index contributed by atoms with van der Waals surface area (Å²) >= 11 is 0. The number of aliphatic hydroxyl groups excluding tert-OH is 1. The molecule has 1 rings (SSSR count). The molecule has 0 bridgehead atoms. The molecule has 15 heavy (non-hydrogen) atoms. The number of carboxylic acids is 1. The topological polar surface area (TPSA) is 77.8 Å². The van der Waals surface area contributed by atoms with Gasteiger partial charge in [0, 0.05) is 6.54 Å². The predicted molar refractivity (Wildman–Crippen MR) is 53.2 cm³/mol. The molecule has 2 atom stereocenters. The molecule has 0 spiro atoms. The first-order valence-electron chi connectivity index (χ1n) is 5.12. The molecule has 0 aromatic carbocycles. The Morgan fingerprint density at radius 3 is 2.53 bits per heavy atom. The van der Waals surface area contributed by atoms with Crippen LogP contribution in [0.15, 0.2) is 0 Å². The van der Waals surface area contributed by atoms with Crippen molar-refractivity contribution in [2.75, 3.05) is 6.54 Å². The van der Waals surface area contributed by atoms with Crippen LogP contribution in [0, 0.1) is 5.92 Å². The number of β-amino-alcohol motifs (C(OH)–C–C–N with tert-alkyl or cyclic N) is 1. The summed E-state index contributed by atoms with van der Waals surface area (Å²) in [6.45, 7) is 3.96. The maximum atomic E-state index is 11.4. The number of nitrogens with zero attached hydrogens (tertiary/aromatic N) is 1. The number of carboxylic acid groups (broad SMARTS) is 1. The Kier molecular flexibility index (Phi) is 3.68. The summed E-state index contributed by atoms with van der Waals surface area (Å²) in [5.74, 6) is -1.06. The van der Waals surface area contributed by atoms with E-state index in [-0.39, 0.29) is 24.8 Å². The molecule has 0 radical (unpaired) electrons. The van der Waals surface area contributed by atoms with Crippen molar-refractivity contribution in [2.45, 2.75) is 38.8 Å². The predicted octanol–water partition coefficient (Wildman–Crippen LogP) is 0.0789. The lowest BCUT2D eigenvalue weighted by atomic mass is 10.0. The van der Waals surface area contributed by atoms with Crippen LogP contribution in [0.2, 0.25) is 0 Å². The highest BCUT2D eigenvalue weighted by Gasteiger charge is 2.36. The molecule has 1 fully saturated rings. The lowest BCUT2D eigenvalue weighted by molar-refractivity contribution is -0.149. The van der Waals surface area contributed by atoms with E-state index >= 15 is 0 Å². The molecule has 1 saturated heterocycles. The number of amides is 1. The lowest BCUT2D eigenvalue weighted by Gasteiger charge is -2.25. The Balaban J connectivity index is 2.72. The first kappa shape index (κ1) is 12.0. The number of hydrogen-bond acceptors (Lipinski definition) is 3. The fraction of sp³-hybridized carbons (Fsp3) is 0.800. The van der Waals surface area contributed by atoms with Gasteiger partial charge in [-0.25, -0.2) is 4.79 Å². The molecule has 0 aromatic rings. The highest BCUT2D eigenvalue weighted by molar-refractivity contribution is 5.85. The van der Waals surface area contributed by atoms with Gasteiger partial charge in [0.1, 0.15) is 6.04 Å². The van der Waals surface area contributed by atoms with Crippen LogP contribution in [0.5, 0.6) is 0 Å². The van der Waals surface area contributed by atoms with Gasteiger partial charge in [0.25, 0.3) is 0 Å². The van der Waals surface area contributed by atoms with Crippen LogP contribution in [0.1, 0.15) is 26.7 Å². The van der Waals surface area contributed by atoms with Crippen LogP contribution >= 0.6 is 0 Å². The molecule has 5 nitrogen and oxygen atoms in total. The zero-order chi connectivity index (χ0) is 11.6. The third kappa shape index (κ3) is 2.92. The molecule has 86 valence electrons. The molecule has 1 amide bonds. The maximum Gasteiger partial charge on any atom is 0.326 e. The van der Waals surface area contributed by atoms with Crippen LogP contribution in [0.4, 0.5) is 0 Å². The Morgan fingerprint density at radius 2 is 2.20 bits per heavy atom. The summed E-state index contributed by atoms with van der Waals surface area (Å²) in [4.78, 5) is 23.7. The Hall–Kier alpha value is -1.10. The molecular formula is C10H17NO4. The number of hydrogen-bond donors (Lipinski definition) is 2. The minimum atomic E-state index is -0.994. The van der Waals surface area contributed by atoms with Gasteiger partial charge in [-0.15, -0.1) is 0 Å². The number of aliphatic hydroxyl groups is 1. The molecule has 1 heterocycles. The van der Waals surface area contributed by atoms with Gasteiger partial charge in [0.2, 0.25) is 5.91 Å². The number of carbonyl (C=O) groups excluding carboxylic acids is 1. The summed E-state index contributed by atoms with van der Waals surface area (Å²) in [7, 11) is 0. The van der Waals surface area contributed by atoms with Crippen LogP contribution in [-0.2, 0) is 9.59 Å². The third-order valence-corrected chi connectivity index (χ3v) is 2.49.